The van der Waals surface area contributed by atoms with E-state index in [1.807, 2.05) is 13.1 Å². The van der Waals surface area contributed by atoms with Gasteiger partial charge in [0.2, 0.25) is 0 Å². The van der Waals surface area contributed by atoms with Crippen LogP contribution in [0.2, 0.25) is 0 Å². The maximum atomic E-state index is 12.6. The fourth-order valence-corrected chi connectivity index (χ4v) is 3.73. The second-order valence-electron chi connectivity index (χ2n) is 5.78. The number of hydrogen-bond acceptors (Lipinski definition) is 4. The zero-order valence-electron chi connectivity index (χ0n) is 12.8. The Morgan fingerprint density at radius 1 is 1.41 bits per heavy atom. The highest BCUT2D eigenvalue weighted by Crippen LogP contribution is 2.30. The summed E-state index contributed by atoms with van der Waals surface area (Å²) in [5.41, 5.74) is 0.676. The molecule has 6 heteroatoms. The molecule has 5 nitrogen and oxygen atoms in total. The number of amides is 1. The molecule has 1 aliphatic heterocycles. The van der Waals surface area contributed by atoms with Crippen molar-refractivity contribution in [3.8, 4) is 0 Å². The fourth-order valence-electron chi connectivity index (χ4n) is 2.83. The number of likely N-dealkylation sites (tertiary alicyclic amines) is 1. The molecule has 0 bridgehead atoms. The van der Waals surface area contributed by atoms with Gasteiger partial charge in [-0.25, -0.2) is 4.98 Å². The molecule has 1 amide bonds. The lowest BCUT2D eigenvalue weighted by molar-refractivity contribution is 0.0705. The molecular formula is C16H19N3O2S. The van der Waals surface area contributed by atoms with Crippen LogP contribution in [-0.2, 0) is 0 Å². The molecular weight excluding hydrogens is 298 g/mol. The Morgan fingerprint density at radius 3 is 2.91 bits per heavy atom. The van der Waals surface area contributed by atoms with Gasteiger partial charge in [0.15, 0.2) is 0 Å². The summed E-state index contributed by atoms with van der Waals surface area (Å²) in [6, 6.07) is 3.38. The number of thiazole rings is 1. The SMILES string of the molecule is Cc1ccc(C(=O)N2CCC[C@H](c3ncc(C)s3)C2)c(=O)[nH]1. The molecule has 0 unspecified atom stereocenters. The van der Waals surface area contributed by atoms with Gasteiger partial charge in [0.05, 0.1) is 5.01 Å². The van der Waals surface area contributed by atoms with Crippen LogP contribution >= 0.6 is 11.3 Å². The van der Waals surface area contributed by atoms with Crippen LogP contribution in [-0.4, -0.2) is 33.9 Å². The van der Waals surface area contributed by atoms with Crippen LogP contribution in [0.4, 0.5) is 0 Å². The van der Waals surface area contributed by atoms with Crippen molar-refractivity contribution < 1.29 is 4.79 Å². The topological polar surface area (TPSA) is 66.1 Å². The minimum atomic E-state index is -0.308. The molecule has 0 aliphatic carbocycles. The molecule has 1 atom stereocenters. The maximum absolute atomic E-state index is 12.6. The van der Waals surface area contributed by atoms with Crippen LogP contribution in [0.3, 0.4) is 0 Å². The Hall–Kier alpha value is -1.95. The number of pyridine rings is 1. The van der Waals surface area contributed by atoms with Crippen molar-refractivity contribution in [3.63, 3.8) is 0 Å². The Labute approximate surface area is 133 Å². The molecule has 1 saturated heterocycles. The first-order valence-corrected chi connectivity index (χ1v) is 8.28. The number of carbonyl (C=O) groups excluding carboxylic acids is 1. The quantitative estimate of drug-likeness (QED) is 0.925. The summed E-state index contributed by atoms with van der Waals surface area (Å²) in [5.74, 6) is 0.0974. The highest BCUT2D eigenvalue weighted by atomic mass is 32.1. The molecule has 0 aromatic carbocycles. The van der Waals surface area contributed by atoms with E-state index < -0.39 is 0 Å². The van der Waals surface area contributed by atoms with Crippen LogP contribution in [0.5, 0.6) is 0 Å². The fraction of sp³-hybridized carbons (Fsp3) is 0.438. The second-order valence-corrected chi connectivity index (χ2v) is 7.05. The van der Waals surface area contributed by atoms with Gasteiger partial charge >= 0.3 is 0 Å². The van der Waals surface area contributed by atoms with E-state index >= 15 is 0 Å². The van der Waals surface area contributed by atoms with E-state index in [0.717, 1.165) is 23.5 Å². The van der Waals surface area contributed by atoms with Gasteiger partial charge in [-0.3, -0.25) is 9.59 Å². The van der Waals surface area contributed by atoms with E-state index in [4.69, 9.17) is 0 Å². The normalized spacial score (nSPS) is 18.5. The van der Waals surface area contributed by atoms with Gasteiger partial charge in [0.25, 0.3) is 11.5 Å². The highest BCUT2D eigenvalue weighted by Gasteiger charge is 2.28. The molecule has 2 aromatic heterocycles. The third kappa shape index (κ3) is 2.97. The monoisotopic (exact) mass is 317 g/mol. The number of aryl methyl sites for hydroxylation is 2. The number of H-pyrrole nitrogens is 1. The summed E-state index contributed by atoms with van der Waals surface area (Å²) in [6.45, 7) is 5.18. The average Bonchev–Trinajstić information content (AvgIpc) is 2.93. The zero-order valence-corrected chi connectivity index (χ0v) is 13.6. The highest BCUT2D eigenvalue weighted by molar-refractivity contribution is 7.11. The van der Waals surface area contributed by atoms with Crippen molar-refractivity contribution in [2.24, 2.45) is 0 Å². The molecule has 2 aromatic rings. The van der Waals surface area contributed by atoms with Gasteiger partial charge in [-0.15, -0.1) is 11.3 Å². The van der Waals surface area contributed by atoms with Gasteiger partial charge in [-0.05, 0) is 38.8 Å². The van der Waals surface area contributed by atoms with E-state index in [1.165, 1.54) is 4.88 Å². The maximum Gasteiger partial charge on any atom is 0.260 e. The number of nitrogens with zero attached hydrogens (tertiary/aromatic N) is 2. The van der Waals surface area contributed by atoms with E-state index in [9.17, 15) is 9.59 Å². The van der Waals surface area contributed by atoms with Crippen LogP contribution in [0.15, 0.2) is 23.1 Å². The third-order valence-corrected chi connectivity index (χ3v) is 5.06. The molecule has 116 valence electrons. The largest absolute Gasteiger partial charge is 0.338 e. The Balaban J connectivity index is 1.79. The molecule has 0 radical (unpaired) electrons. The Morgan fingerprint density at radius 2 is 2.23 bits per heavy atom. The van der Waals surface area contributed by atoms with Gasteiger partial charge in [-0.1, -0.05) is 0 Å². The summed E-state index contributed by atoms with van der Waals surface area (Å²) in [7, 11) is 0. The number of rotatable bonds is 2. The van der Waals surface area contributed by atoms with Gasteiger partial charge in [0, 0.05) is 35.8 Å². The number of nitrogens with one attached hydrogen (secondary N) is 1. The van der Waals surface area contributed by atoms with Crippen LogP contribution < -0.4 is 5.56 Å². The number of hydrogen-bond donors (Lipinski definition) is 1. The summed E-state index contributed by atoms with van der Waals surface area (Å²) in [5, 5.41) is 1.09. The van der Waals surface area contributed by atoms with Crippen molar-refractivity contribution >= 4 is 17.2 Å². The molecule has 0 saturated carbocycles. The molecule has 1 fully saturated rings. The predicted molar refractivity (Wildman–Crippen MR) is 86.5 cm³/mol. The van der Waals surface area contributed by atoms with Crippen molar-refractivity contribution in [2.45, 2.75) is 32.6 Å². The molecule has 3 rings (SSSR count). The smallest absolute Gasteiger partial charge is 0.260 e. The number of aromatic amines is 1. The van der Waals surface area contributed by atoms with Crippen molar-refractivity contribution in [1.29, 1.82) is 0 Å². The Bertz CT molecular complexity index is 750. The summed E-state index contributed by atoms with van der Waals surface area (Å²) in [6.07, 6.45) is 3.87. The van der Waals surface area contributed by atoms with Crippen molar-refractivity contribution in [2.75, 3.05) is 13.1 Å². The number of aromatic nitrogens is 2. The van der Waals surface area contributed by atoms with Gasteiger partial charge < -0.3 is 9.88 Å². The number of piperidine rings is 1. The summed E-state index contributed by atoms with van der Waals surface area (Å²) in [4.78, 5) is 34.7. The predicted octanol–water partition coefficient (Wildman–Crippen LogP) is 2.47. The zero-order chi connectivity index (χ0) is 15.7. The lowest BCUT2D eigenvalue weighted by atomic mass is 9.98. The minimum Gasteiger partial charge on any atom is -0.338 e. The average molecular weight is 317 g/mol. The van der Waals surface area contributed by atoms with Gasteiger partial charge in [0.1, 0.15) is 5.56 Å². The Kier molecular flexibility index (Phi) is 4.11. The van der Waals surface area contributed by atoms with E-state index in [2.05, 4.69) is 9.97 Å². The molecule has 1 aliphatic rings. The first-order valence-electron chi connectivity index (χ1n) is 7.46. The lowest BCUT2D eigenvalue weighted by Crippen LogP contribution is -2.41. The van der Waals surface area contributed by atoms with Crippen molar-refractivity contribution in [1.82, 2.24) is 14.9 Å². The summed E-state index contributed by atoms with van der Waals surface area (Å²) >= 11 is 1.69. The van der Waals surface area contributed by atoms with Crippen molar-refractivity contribution in [3.05, 3.63) is 49.8 Å². The molecule has 0 spiro atoms. The first-order chi connectivity index (χ1) is 10.5. The second kappa shape index (κ2) is 6.04. The minimum absolute atomic E-state index is 0.181. The number of carbonyl (C=O) groups is 1. The van der Waals surface area contributed by atoms with E-state index in [0.29, 0.717) is 13.1 Å². The van der Waals surface area contributed by atoms with E-state index in [1.54, 1.807) is 35.3 Å². The standard InChI is InChI=1S/C16H19N3O2S/c1-10-5-6-13(14(20)18-10)16(21)19-7-3-4-12(9-19)15-17-8-11(2)22-15/h5-6,8,12H,3-4,7,9H2,1-2H3,(H,18,20)/t12-/m0/s1. The molecule has 22 heavy (non-hydrogen) atoms. The third-order valence-electron chi connectivity index (χ3n) is 3.98. The first kappa shape index (κ1) is 15.0. The summed E-state index contributed by atoms with van der Waals surface area (Å²) < 4.78 is 0. The van der Waals surface area contributed by atoms with Crippen LogP contribution in [0, 0.1) is 13.8 Å². The van der Waals surface area contributed by atoms with Gasteiger partial charge in [-0.2, -0.15) is 0 Å². The molecule has 1 N–H and O–H groups in total. The van der Waals surface area contributed by atoms with Crippen LogP contribution in [0.25, 0.3) is 0 Å². The van der Waals surface area contributed by atoms with E-state index in [-0.39, 0.29) is 22.9 Å². The molecule has 3 heterocycles. The van der Waals surface area contributed by atoms with Crippen LogP contribution in [0.1, 0.15) is 44.7 Å². The lowest BCUT2D eigenvalue weighted by Gasteiger charge is -2.31.